The van der Waals surface area contributed by atoms with E-state index in [1.807, 2.05) is 63.2 Å². The van der Waals surface area contributed by atoms with E-state index in [1.165, 1.54) is 0 Å². The number of carbonyl (C=O) groups excluding carboxylic acids is 1. The first kappa shape index (κ1) is 21.9. The Balaban J connectivity index is 1.69. The lowest BCUT2D eigenvalue weighted by molar-refractivity contribution is 0.00551. The van der Waals surface area contributed by atoms with Gasteiger partial charge in [-0.25, -0.2) is 9.78 Å². The predicted octanol–water partition coefficient (Wildman–Crippen LogP) is 5.68. The smallest absolute Gasteiger partial charge is 0.410 e. The topological polar surface area (TPSA) is 60.9 Å². The average molecular weight is 413 g/mol. The Hall–Kier alpha value is -2.76. The first-order valence-corrected chi connectivity index (χ1v) is 10.7. The quantitative estimate of drug-likeness (QED) is 0.611. The van der Waals surface area contributed by atoms with Crippen LogP contribution in [-0.2, 0) is 4.74 Å². The van der Waals surface area contributed by atoms with Crippen molar-refractivity contribution in [3.05, 3.63) is 48.7 Å². The van der Waals surface area contributed by atoms with Crippen LogP contribution in [0.4, 0.5) is 4.79 Å². The molecule has 1 fully saturated rings. The summed E-state index contributed by atoms with van der Waals surface area (Å²) >= 11 is 0. The van der Waals surface area contributed by atoms with Gasteiger partial charge in [-0.1, -0.05) is 25.1 Å². The number of nitrogens with zero attached hydrogens (tertiary/aromatic N) is 2. The summed E-state index contributed by atoms with van der Waals surface area (Å²) in [7, 11) is 0. The Morgan fingerprint density at radius 1 is 1.20 bits per heavy atom. The molecule has 1 aromatic carbocycles. The van der Waals surface area contributed by atoms with Crippen LogP contribution in [0.25, 0.3) is 0 Å². The van der Waals surface area contributed by atoms with Gasteiger partial charge in [-0.3, -0.25) is 0 Å². The van der Waals surface area contributed by atoms with Crippen LogP contribution in [-0.4, -0.2) is 40.8 Å². The van der Waals surface area contributed by atoms with Crippen LogP contribution >= 0.6 is 0 Å². The molecule has 0 bridgehead atoms. The van der Waals surface area contributed by atoms with Crippen LogP contribution < -0.4 is 9.47 Å². The van der Waals surface area contributed by atoms with E-state index < -0.39 is 5.60 Å². The van der Waals surface area contributed by atoms with Gasteiger partial charge in [-0.15, -0.1) is 0 Å². The zero-order valence-corrected chi connectivity index (χ0v) is 18.3. The number of amides is 1. The molecule has 2 atom stereocenters. The largest absolute Gasteiger partial charge is 0.484 e. The Morgan fingerprint density at radius 2 is 1.97 bits per heavy atom. The molecular formula is C24H32N2O4. The van der Waals surface area contributed by atoms with Crippen molar-refractivity contribution in [2.75, 3.05) is 13.1 Å². The van der Waals surface area contributed by atoms with Gasteiger partial charge >= 0.3 is 6.09 Å². The summed E-state index contributed by atoms with van der Waals surface area (Å²) in [5.74, 6) is 1.99. The Labute approximate surface area is 179 Å². The van der Waals surface area contributed by atoms with Gasteiger partial charge in [0.15, 0.2) is 5.75 Å². The zero-order chi connectivity index (χ0) is 21.6. The highest BCUT2D eigenvalue weighted by Crippen LogP contribution is 2.33. The van der Waals surface area contributed by atoms with Gasteiger partial charge in [0.05, 0.1) is 0 Å². The number of hydrogen-bond acceptors (Lipinski definition) is 5. The third-order valence-electron chi connectivity index (χ3n) is 5.01. The number of ether oxygens (including phenoxy) is 3. The molecule has 0 saturated carbocycles. The maximum atomic E-state index is 12.5. The van der Waals surface area contributed by atoms with Crippen molar-refractivity contribution in [2.45, 2.75) is 58.7 Å². The average Bonchev–Trinajstić information content (AvgIpc) is 2.73. The molecule has 1 aromatic heterocycles. The molecule has 1 aliphatic heterocycles. The van der Waals surface area contributed by atoms with Gasteiger partial charge in [0.25, 0.3) is 5.88 Å². The zero-order valence-electron chi connectivity index (χ0n) is 18.3. The molecule has 1 amide bonds. The van der Waals surface area contributed by atoms with Crippen LogP contribution in [0.2, 0.25) is 0 Å². The summed E-state index contributed by atoms with van der Waals surface area (Å²) in [5.41, 5.74) is -0.496. The molecule has 0 aliphatic carbocycles. The first-order chi connectivity index (χ1) is 14.4. The fourth-order valence-corrected chi connectivity index (χ4v) is 3.62. The Morgan fingerprint density at radius 3 is 2.67 bits per heavy atom. The van der Waals surface area contributed by atoms with Crippen LogP contribution in [0.5, 0.6) is 17.4 Å². The second-order valence-corrected chi connectivity index (χ2v) is 8.62. The summed E-state index contributed by atoms with van der Waals surface area (Å²) in [6.45, 7) is 9.12. The van der Waals surface area contributed by atoms with Gasteiger partial charge in [0, 0.05) is 25.2 Å². The molecule has 0 N–H and O–H groups in total. The Bertz CT molecular complexity index is 819. The molecule has 30 heavy (non-hydrogen) atoms. The molecule has 3 rings (SSSR count). The van der Waals surface area contributed by atoms with Gasteiger partial charge < -0.3 is 19.1 Å². The van der Waals surface area contributed by atoms with Crippen molar-refractivity contribution >= 4 is 6.09 Å². The van der Waals surface area contributed by atoms with Crippen molar-refractivity contribution in [2.24, 2.45) is 5.92 Å². The lowest BCUT2D eigenvalue weighted by atomic mass is 9.91. The fourth-order valence-electron chi connectivity index (χ4n) is 3.62. The second kappa shape index (κ2) is 9.83. The highest BCUT2D eigenvalue weighted by atomic mass is 16.6. The van der Waals surface area contributed by atoms with Crippen LogP contribution in [0.15, 0.2) is 48.7 Å². The minimum atomic E-state index is -0.496. The molecule has 2 aromatic rings. The number of carbonyl (C=O) groups is 1. The van der Waals surface area contributed by atoms with Gasteiger partial charge in [0.2, 0.25) is 0 Å². The molecule has 162 valence electrons. The molecule has 1 saturated heterocycles. The molecule has 6 nitrogen and oxygen atoms in total. The van der Waals surface area contributed by atoms with E-state index >= 15 is 0 Å². The van der Waals surface area contributed by atoms with Crippen LogP contribution in [0.1, 0.15) is 47.0 Å². The van der Waals surface area contributed by atoms with E-state index in [0.29, 0.717) is 23.9 Å². The molecule has 0 unspecified atom stereocenters. The van der Waals surface area contributed by atoms with Gasteiger partial charge in [0.1, 0.15) is 17.5 Å². The maximum Gasteiger partial charge on any atom is 0.410 e. The Kier molecular flexibility index (Phi) is 7.19. The highest BCUT2D eigenvalue weighted by Gasteiger charge is 2.32. The number of rotatable bonds is 6. The van der Waals surface area contributed by atoms with Crippen molar-refractivity contribution in [1.82, 2.24) is 9.88 Å². The number of piperidine rings is 1. The van der Waals surface area contributed by atoms with E-state index in [1.54, 1.807) is 11.1 Å². The number of hydrogen-bond donors (Lipinski definition) is 0. The van der Waals surface area contributed by atoms with Crippen LogP contribution in [0, 0.1) is 5.92 Å². The van der Waals surface area contributed by atoms with E-state index in [9.17, 15) is 4.79 Å². The summed E-state index contributed by atoms with van der Waals surface area (Å²) in [5, 5.41) is 0. The van der Waals surface area contributed by atoms with Crippen molar-refractivity contribution < 1.29 is 19.0 Å². The predicted molar refractivity (Wildman–Crippen MR) is 116 cm³/mol. The number of benzene rings is 1. The second-order valence-electron chi connectivity index (χ2n) is 8.62. The van der Waals surface area contributed by atoms with Gasteiger partial charge in [-0.05, 0) is 64.3 Å². The van der Waals surface area contributed by atoms with Crippen molar-refractivity contribution in [3.63, 3.8) is 0 Å². The third-order valence-corrected chi connectivity index (χ3v) is 5.01. The fraction of sp³-hybridized carbons (Fsp3) is 0.500. The maximum absolute atomic E-state index is 12.5. The standard InChI is InChI=1S/C24H32N2O4/c1-5-20(18-11-10-16-26(17-18)23(27)30-24(2,3)4)29-21-14-9-15-25-22(21)28-19-12-7-6-8-13-19/h6-9,12-15,18,20H,5,10-11,16-17H2,1-4H3/t18-,20-/m0/s1. The van der Waals surface area contributed by atoms with Crippen molar-refractivity contribution in [1.29, 1.82) is 0 Å². The number of likely N-dealkylation sites (tertiary alicyclic amines) is 1. The number of aromatic nitrogens is 1. The van der Waals surface area contributed by atoms with E-state index in [-0.39, 0.29) is 18.1 Å². The minimum Gasteiger partial charge on any atom is -0.484 e. The summed E-state index contributed by atoms with van der Waals surface area (Å²) in [4.78, 5) is 18.7. The SMILES string of the molecule is CC[C@H](Oc1cccnc1Oc1ccccc1)[C@H]1CCCN(C(=O)OC(C)(C)C)C1. The molecule has 0 spiro atoms. The first-order valence-electron chi connectivity index (χ1n) is 10.7. The number of pyridine rings is 1. The lowest BCUT2D eigenvalue weighted by Crippen LogP contribution is -2.46. The lowest BCUT2D eigenvalue weighted by Gasteiger charge is -2.37. The van der Waals surface area contributed by atoms with Crippen molar-refractivity contribution in [3.8, 4) is 17.4 Å². The molecule has 1 aliphatic rings. The molecular weight excluding hydrogens is 380 g/mol. The van der Waals surface area contributed by atoms with E-state index in [2.05, 4.69) is 11.9 Å². The summed E-state index contributed by atoms with van der Waals surface area (Å²) < 4.78 is 17.9. The highest BCUT2D eigenvalue weighted by molar-refractivity contribution is 5.68. The number of para-hydroxylation sites is 1. The summed E-state index contributed by atoms with van der Waals surface area (Å²) in [6, 6.07) is 13.3. The normalized spacial score (nSPS) is 17.9. The molecule has 0 radical (unpaired) electrons. The summed E-state index contributed by atoms with van der Waals surface area (Å²) in [6.07, 6.45) is 4.16. The van der Waals surface area contributed by atoms with E-state index in [0.717, 1.165) is 25.8 Å². The van der Waals surface area contributed by atoms with Crippen LogP contribution in [0.3, 0.4) is 0 Å². The minimum absolute atomic E-state index is 0.0439. The molecule has 6 heteroatoms. The molecule has 2 heterocycles. The third kappa shape index (κ3) is 6.12. The van der Waals surface area contributed by atoms with Gasteiger partial charge in [-0.2, -0.15) is 0 Å². The van der Waals surface area contributed by atoms with E-state index in [4.69, 9.17) is 14.2 Å². The monoisotopic (exact) mass is 412 g/mol.